The molecule has 3 N–H and O–H groups in total. The maximum absolute atomic E-state index is 11.9. The van der Waals surface area contributed by atoms with Crippen molar-refractivity contribution in [2.75, 3.05) is 38.1 Å². The van der Waals surface area contributed by atoms with E-state index in [0.717, 1.165) is 19.0 Å². The van der Waals surface area contributed by atoms with E-state index in [1.54, 1.807) is 7.05 Å². The zero-order chi connectivity index (χ0) is 19.9. The molecule has 6 nitrogen and oxygen atoms in total. The van der Waals surface area contributed by atoms with Gasteiger partial charge >= 0.3 is 0 Å². The molecule has 0 aromatic heterocycles. The summed E-state index contributed by atoms with van der Waals surface area (Å²) in [5, 5.41) is 9.62. The number of guanidine groups is 1. The Bertz CT molecular complexity index is 650. The van der Waals surface area contributed by atoms with Crippen LogP contribution in [-0.4, -0.2) is 45.1 Å². The highest BCUT2D eigenvalue weighted by molar-refractivity contribution is 14.0. The third kappa shape index (κ3) is 7.48. The largest absolute Gasteiger partial charge is 0.372 e. The zero-order valence-electron chi connectivity index (χ0n) is 17.8. The standard InChI is InChI=1S/C21H35N5O.HI/c1-16(17-9-8-10-18(15-17)26-13-6-7-14-26)25-20(22-5)24-12-11-23-19(27)21(2,3)4;/h8-10,15-16H,6-7,11-14H2,1-5H3,(H,23,27)(H2,22,24,25);1H. The van der Waals surface area contributed by atoms with Crippen molar-refractivity contribution in [2.45, 2.75) is 46.6 Å². The van der Waals surface area contributed by atoms with Crippen LogP contribution in [0, 0.1) is 5.41 Å². The minimum absolute atomic E-state index is 0. The smallest absolute Gasteiger partial charge is 0.225 e. The molecule has 0 bridgehead atoms. The fourth-order valence-corrected chi connectivity index (χ4v) is 3.07. The molecule has 1 aromatic rings. The summed E-state index contributed by atoms with van der Waals surface area (Å²) >= 11 is 0. The average molecular weight is 501 g/mol. The van der Waals surface area contributed by atoms with Gasteiger partial charge in [0.15, 0.2) is 5.96 Å². The molecule has 7 heteroatoms. The van der Waals surface area contributed by atoms with Crippen molar-refractivity contribution in [3.8, 4) is 0 Å². The number of nitrogens with zero attached hydrogens (tertiary/aromatic N) is 2. The third-order valence-electron chi connectivity index (χ3n) is 4.80. The number of carbonyl (C=O) groups is 1. The molecule has 1 aromatic carbocycles. The first-order valence-corrected chi connectivity index (χ1v) is 9.91. The molecule has 0 aliphatic carbocycles. The van der Waals surface area contributed by atoms with Gasteiger partial charge in [-0.2, -0.15) is 0 Å². The first-order chi connectivity index (χ1) is 12.8. The summed E-state index contributed by atoms with van der Waals surface area (Å²) in [5.41, 5.74) is 2.17. The number of anilines is 1. The van der Waals surface area contributed by atoms with Crippen molar-refractivity contribution in [3.63, 3.8) is 0 Å². The maximum atomic E-state index is 11.9. The number of rotatable bonds is 6. The summed E-state index contributed by atoms with van der Waals surface area (Å²) in [7, 11) is 1.76. The van der Waals surface area contributed by atoms with Crippen LogP contribution >= 0.6 is 24.0 Å². The second kappa shape index (κ2) is 11.5. The molecule has 28 heavy (non-hydrogen) atoms. The first kappa shape index (κ1) is 24.5. The topological polar surface area (TPSA) is 68.8 Å². The predicted octanol–water partition coefficient (Wildman–Crippen LogP) is 3.29. The summed E-state index contributed by atoms with van der Waals surface area (Å²) in [6, 6.07) is 8.86. The molecular weight excluding hydrogens is 465 g/mol. The van der Waals surface area contributed by atoms with Gasteiger partial charge in [0, 0.05) is 44.3 Å². The van der Waals surface area contributed by atoms with Gasteiger partial charge in [0.1, 0.15) is 0 Å². The third-order valence-corrected chi connectivity index (χ3v) is 4.80. The molecular formula is C21H36IN5O. The fourth-order valence-electron chi connectivity index (χ4n) is 3.07. The summed E-state index contributed by atoms with van der Waals surface area (Å²) in [5.74, 6) is 0.790. The van der Waals surface area contributed by atoms with Crippen LogP contribution < -0.4 is 20.9 Å². The average Bonchev–Trinajstić information content (AvgIpc) is 3.18. The second-order valence-corrected chi connectivity index (χ2v) is 8.16. The van der Waals surface area contributed by atoms with E-state index in [2.05, 4.69) is 57.0 Å². The predicted molar refractivity (Wildman–Crippen MR) is 129 cm³/mol. The second-order valence-electron chi connectivity index (χ2n) is 8.16. The lowest BCUT2D eigenvalue weighted by molar-refractivity contribution is -0.128. The Morgan fingerprint density at radius 2 is 1.82 bits per heavy atom. The monoisotopic (exact) mass is 501 g/mol. The lowest BCUT2D eigenvalue weighted by Crippen LogP contribution is -2.44. The van der Waals surface area contributed by atoms with E-state index in [4.69, 9.17) is 0 Å². The highest BCUT2D eigenvalue weighted by atomic mass is 127. The van der Waals surface area contributed by atoms with E-state index in [-0.39, 0.29) is 41.3 Å². The number of amides is 1. The van der Waals surface area contributed by atoms with Gasteiger partial charge in [-0.25, -0.2) is 0 Å². The minimum atomic E-state index is -0.366. The van der Waals surface area contributed by atoms with Crippen molar-refractivity contribution < 1.29 is 4.79 Å². The molecule has 1 unspecified atom stereocenters. The summed E-state index contributed by atoms with van der Waals surface area (Å²) < 4.78 is 0. The Kier molecular flexibility index (Phi) is 10.1. The van der Waals surface area contributed by atoms with E-state index in [1.807, 2.05) is 20.8 Å². The molecule has 1 heterocycles. The molecule has 0 radical (unpaired) electrons. The normalized spacial score (nSPS) is 15.6. The van der Waals surface area contributed by atoms with Crippen LogP contribution in [0.1, 0.15) is 52.1 Å². The number of carbonyl (C=O) groups excluding carboxylic acids is 1. The van der Waals surface area contributed by atoms with Crippen LogP contribution in [0.4, 0.5) is 5.69 Å². The SMILES string of the molecule is CN=C(NCCNC(=O)C(C)(C)C)NC(C)c1cccc(N2CCCC2)c1.I. The van der Waals surface area contributed by atoms with Crippen LogP contribution in [0.3, 0.4) is 0 Å². The molecule has 2 rings (SSSR count). The molecule has 1 atom stereocenters. The van der Waals surface area contributed by atoms with Gasteiger partial charge in [0.2, 0.25) is 5.91 Å². The Balaban J connectivity index is 0.00000392. The van der Waals surface area contributed by atoms with Gasteiger partial charge < -0.3 is 20.9 Å². The Labute approximate surface area is 187 Å². The number of hydrogen-bond acceptors (Lipinski definition) is 3. The van der Waals surface area contributed by atoms with E-state index in [9.17, 15) is 4.79 Å². The lowest BCUT2D eigenvalue weighted by atomic mass is 9.96. The van der Waals surface area contributed by atoms with Crippen molar-refractivity contribution >= 4 is 41.5 Å². The molecule has 1 fully saturated rings. The Morgan fingerprint density at radius 3 is 2.43 bits per heavy atom. The molecule has 158 valence electrons. The molecule has 1 aliphatic heterocycles. The van der Waals surface area contributed by atoms with E-state index < -0.39 is 0 Å². The summed E-state index contributed by atoms with van der Waals surface area (Å²) in [4.78, 5) is 18.6. The number of nitrogens with one attached hydrogen (secondary N) is 3. The highest BCUT2D eigenvalue weighted by Gasteiger charge is 2.20. The van der Waals surface area contributed by atoms with Gasteiger partial charge in [-0.05, 0) is 37.5 Å². The molecule has 1 saturated heterocycles. The maximum Gasteiger partial charge on any atom is 0.225 e. The van der Waals surface area contributed by atoms with Gasteiger partial charge in [0.25, 0.3) is 0 Å². The number of halogens is 1. The molecule has 1 amide bonds. The van der Waals surface area contributed by atoms with E-state index in [0.29, 0.717) is 13.1 Å². The summed E-state index contributed by atoms with van der Waals surface area (Å²) in [6.07, 6.45) is 2.56. The minimum Gasteiger partial charge on any atom is -0.372 e. The first-order valence-electron chi connectivity index (χ1n) is 9.91. The quantitative estimate of drug-likeness (QED) is 0.242. The van der Waals surface area contributed by atoms with E-state index in [1.165, 1.54) is 24.1 Å². The van der Waals surface area contributed by atoms with Crippen LogP contribution in [0.2, 0.25) is 0 Å². The Hall–Kier alpha value is -1.51. The number of benzene rings is 1. The van der Waals surface area contributed by atoms with Crippen LogP contribution in [0.15, 0.2) is 29.3 Å². The van der Waals surface area contributed by atoms with Crippen molar-refractivity contribution in [1.82, 2.24) is 16.0 Å². The van der Waals surface area contributed by atoms with Gasteiger partial charge in [0.05, 0.1) is 6.04 Å². The van der Waals surface area contributed by atoms with Gasteiger partial charge in [-0.1, -0.05) is 32.9 Å². The fraction of sp³-hybridized carbons (Fsp3) is 0.619. The lowest BCUT2D eigenvalue weighted by Gasteiger charge is -2.22. The van der Waals surface area contributed by atoms with Crippen LogP contribution in [-0.2, 0) is 4.79 Å². The molecule has 1 aliphatic rings. The van der Waals surface area contributed by atoms with Crippen LogP contribution in [0.5, 0.6) is 0 Å². The number of aliphatic imine (C=N–C) groups is 1. The van der Waals surface area contributed by atoms with E-state index >= 15 is 0 Å². The molecule has 0 spiro atoms. The molecule has 0 saturated carbocycles. The van der Waals surface area contributed by atoms with Gasteiger partial charge in [-0.15, -0.1) is 24.0 Å². The van der Waals surface area contributed by atoms with Crippen molar-refractivity contribution in [2.24, 2.45) is 10.4 Å². The van der Waals surface area contributed by atoms with Gasteiger partial charge in [-0.3, -0.25) is 9.79 Å². The van der Waals surface area contributed by atoms with Crippen LogP contribution in [0.25, 0.3) is 0 Å². The highest BCUT2D eigenvalue weighted by Crippen LogP contribution is 2.23. The van der Waals surface area contributed by atoms with Crippen molar-refractivity contribution in [1.29, 1.82) is 0 Å². The zero-order valence-corrected chi connectivity index (χ0v) is 20.2. The summed E-state index contributed by atoms with van der Waals surface area (Å²) in [6.45, 7) is 11.4. The van der Waals surface area contributed by atoms with Crippen molar-refractivity contribution in [3.05, 3.63) is 29.8 Å². The number of hydrogen-bond donors (Lipinski definition) is 3. The Morgan fingerprint density at radius 1 is 1.18 bits per heavy atom.